The van der Waals surface area contributed by atoms with Crippen molar-refractivity contribution >= 4 is 35.2 Å². The molecule has 3 unspecified atom stereocenters. The average Bonchev–Trinajstić information content (AvgIpc) is 3.28. The molecule has 1 aromatic carbocycles. The number of hydrogen-bond donors (Lipinski definition) is 3. The summed E-state index contributed by atoms with van der Waals surface area (Å²) in [6, 6.07) is 8.84. The van der Waals surface area contributed by atoms with Crippen molar-refractivity contribution in [1.82, 2.24) is 25.6 Å². The number of aliphatic hydroxyl groups excluding tert-OH is 1. The number of nitrogens with one attached hydrogen (secondary N) is 2. The first kappa shape index (κ1) is 22.3. The number of H-pyrrole nitrogens is 1. The fourth-order valence-corrected chi connectivity index (χ4v) is 4.02. The van der Waals surface area contributed by atoms with E-state index in [2.05, 4.69) is 20.7 Å². The standard InChI is InChI=1S/C19H23Cl2N5O4/c20-13-9-26(19(29)30-11-12-4-2-1-3-5-12)10-14(21)18(13)23-17(28)7-6-16(27)15-8-22-25-24-15/h1-5,8,13-14,16,18,27H,6-7,9-11H2,(H,23,28)(H,22,24,25). The van der Waals surface area contributed by atoms with Gasteiger partial charge in [0, 0.05) is 25.7 Å². The Morgan fingerprint density at radius 2 is 1.97 bits per heavy atom. The summed E-state index contributed by atoms with van der Waals surface area (Å²) in [6.07, 6.45) is 0.326. The average molecular weight is 456 g/mol. The number of aromatic amines is 1. The van der Waals surface area contributed by atoms with Crippen molar-refractivity contribution in [1.29, 1.82) is 0 Å². The van der Waals surface area contributed by atoms with Crippen LogP contribution < -0.4 is 5.32 Å². The minimum absolute atomic E-state index is 0.0700. The first-order chi connectivity index (χ1) is 14.4. The molecule has 1 saturated heterocycles. The second-order valence-electron chi connectivity index (χ2n) is 7.02. The summed E-state index contributed by atoms with van der Waals surface area (Å²) < 4.78 is 5.32. The number of piperidine rings is 1. The second-order valence-corrected chi connectivity index (χ2v) is 8.14. The molecule has 0 bridgehead atoms. The Labute approximate surface area is 183 Å². The molecule has 1 aliphatic rings. The predicted molar refractivity (Wildman–Crippen MR) is 110 cm³/mol. The molecule has 3 atom stereocenters. The van der Waals surface area contributed by atoms with Gasteiger partial charge in [-0.05, 0) is 12.0 Å². The molecule has 1 aliphatic heterocycles. The van der Waals surface area contributed by atoms with Gasteiger partial charge in [-0.2, -0.15) is 0 Å². The van der Waals surface area contributed by atoms with Crippen molar-refractivity contribution in [2.75, 3.05) is 13.1 Å². The molecule has 3 N–H and O–H groups in total. The van der Waals surface area contributed by atoms with Crippen molar-refractivity contribution in [3.8, 4) is 0 Å². The first-order valence-corrected chi connectivity index (χ1v) is 10.4. The van der Waals surface area contributed by atoms with E-state index in [1.54, 1.807) is 0 Å². The van der Waals surface area contributed by atoms with Crippen LogP contribution in [-0.2, 0) is 16.1 Å². The van der Waals surface area contributed by atoms with Gasteiger partial charge in [-0.1, -0.05) is 35.5 Å². The van der Waals surface area contributed by atoms with Crippen LogP contribution in [0.1, 0.15) is 30.2 Å². The Morgan fingerprint density at radius 3 is 2.60 bits per heavy atom. The van der Waals surface area contributed by atoms with Gasteiger partial charge in [-0.15, -0.1) is 28.3 Å². The molecule has 1 aromatic heterocycles. The quantitative estimate of drug-likeness (QED) is 0.548. The van der Waals surface area contributed by atoms with E-state index < -0.39 is 29.0 Å². The summed E-state index contributed by atoms with van der Waals surface area (Å²) in [6.45, 7) is 0.555. The fourth-order valence-electron chi connectivity index (χ4n) is 3.14. The molecule has 0 spiro atoms. The maximum atomic E-state index is 12.3. The third kappa shape index (κ3) is 6.07. The van der Waals surface area contributed by atoms with Crippen molar-refractivity contribution < 1.29 is 19.4 Å². The van der Waals surface area contributed by atoms with Crippen LogP contribution in [0.2, 0.25) is 0 Å². The van der Waals surface area contributed by atoms with E-state index in [0.717, 1.165) is 5.56 Å². The Bertz CT molecular complexity index is 812. The Balaban J connectivity index is 1.44. The smallest absolute Gasteiger partial charge is 0.410 e. The van der Waals surface area contributed by atoms with E-state index >= 15 is 0 Å². The largest absolute Gasteiger partial charge is 0.445 e. The van der Waals surface area contributed by atoms with Gasteiger partial charge in [0.25, 0.3) is 0 Å². The number of carbonyl (C=O) groups excluding carboxylic acids is 2. The number of rotatable bonds is 7. The van der Waals surface area contributed by atoms with Gasteiger partial charge in [0.15, 0.2) is 0 Å². The molecular weight excluding hydrogens is 433 g/mol. The van der Waals surface area contributed by atoms with E-state index in [1.807, 2.05) is 30.3 Å². The van der Waals surface area contributed by atoms with Crippen LogP contribution >= 0.6 is 23.2 Å². The van der Waals surface area contributed by atoms with Gasteiger partial charge in [0.2, 0.25) is 5.91 Å². The van der Waals surface area contributed by atoms with E-state index in [-0.39, 0.29) is 38.4 Å². The number of amides is 2. The molecule has 0 radical (unpaired) electrons. The lowest BCUT2D eigenvalue weighted by Crippen LogP contribution is -2.59. The summed E-state index contributed by atoms with van der Waals surface area (Å²) >= 11 is 12.8. The van der Waals surface area contributed by atoms with Crippen LogP contribution in [0.3, 0.4) is 0 Å². The van der Waals surface area contributed by atoms with Gasteiger partial charge < -0.3 is 20.1 Å². The molecule has 11 heteroatoms. The lowest BCUT2D eigenvalue weighted by Gasteiger charge is -2.38. The lowest BCUT2D eigenvalue weighted by atomic mass is 10.0. The molecule has 2 aromatic rings. The summed E-state index contributed by atoms with van der Waals surface area (Å²) in [5, 5.41) is 21.4. The summed E-state index contributed by atoms with van der Waals surface area (Å²) in [5.41, 5.74) is 1.25. The fraction of sp³-hybridized carbons (Fsp3) is 0.474. The van der Waals surface area contributed by atoms with Crippen LogP contribution in [0.4, 0.5) is 4.79 Å². The predicted octanol–water partition coefficient (Wildman–Crippen LogP) is 1.97. The van der Waals surface area contributed by atoms with Crippen molar-refractivity contribution in [2.24, 2.45) is 0 Å². The highest BCUT2D eigenvalue weighted by molar-refractivity contribution is 6.25. The number of likely N-dealkylation sites (tertiary alicyclic amines) is 1. The van der Waals surface area contributed by atoms with Crippen molar-refractivity contribution in [2.45, 2.75) is 42.3 Å². The highest BCUT2D eigenvalue weighted by atomic mass is 35.5. The van der Waals surface area contributed by atoms with E-state index in [9.17, 15) is 14.7 Å². The Hall–Kier alpha value is -2.36. The van der Waals surface area contributed by atoms with Crippen LogP contribution in [-0.4, -0.2) is 67.3 Å². The topological polar surface area (TPSA) is 120 Å². The van der Waals surface area contributed by atoms with E-state index in [0.29, 0.717) is 5.69 Å². The minimum Gasteiger partial charge on any atom is -0.445 e. The first-order valence-electron chi connectivity index (χ1n) is 9.51. The van der Waals surface area contributed by atoms with Gasteiger partial charge in [-0.25, -0.2) is 4.79 Å². The lowest BCUT2D eigenvalue weighted by molar-refractivity contribution is -0.122. The zero-order valence-electron chi connectivity index (χ0n) is 16.1. The Kier molecular flexibility index (Phi) is 7.89. The molecular formula is C19H23Cl2N5O4. The summed E-state index contributed by atoms with van der Waals surface area (Å²) in [4.78, 5) is 26.0. The maximum absolute atomic E-state index is 12.3. The summed E-state index contributed by atoms with van der Waals surface area (Å²) in [5.74, 6) is -0.293. The molecule has 30 heavy (non-hydrogen) atoms. The zero-order chi connectivity index (χ0) is 21.5. The number of carbonyl (C=O) groups is 2. The SMILES string of the molecule is O=C(CCC(O)c1c[nH]nn1)NC1C(Cl)CN(C(=O)OCc2ccccc2)CC1Cl. The van der Waals surface area contributed by atoms with Crippen LogP contribution in [0, 0.1) is 0 Å². The highest BCUT2D eigenvalue weighted by Crippen LogP contribution is 2.23. The maximum Gasteiger partial charge on any atom is 0.410 e. The zero-order valence-corrected chi connectivity index (χ0v) is 17.6. The van der Waals surface area contributed by atoms with Crippen LogP contribution in [0.5, 0.6) is 0 Å². The van der Waals surface area contributed by atoms with Crippen molar-refractivity contribution in [3.05, 3.63) is 47.8 Å². The second kappa shape index (κ2) is 10.6. The minimum atomic E-state index is -0.894. The third-order valence-electron chi connectivity index (χ3n) is 4.78. The van der Waals surface area contributed by atoms with Gasteiger partial charge in [0.05, 0.1) is 22.9 Å². The number of benzene rings is 1. The number of aliphatic hydroxyl groups is 1. The molecule has 162 valence electrons. The van der Waals surface area contributed by atoms with Crippen molar-refractivity contribution in [3.63, 3.8) is 0 Å². The monoisotopic (exact) mass is 455 g/mol. The van der Waals surface area contributed by atoms with Crippen LogP contribution in [0.15, 0.2) is 36.5 Å². The Morgan fingerprint density at radius 1 is 1.27 bits per heavy atom. The number of aromatic nitrogens is 3. The van der Waals surface area contributed by atoms with E-state index in [1.165, 1.54) is 11.1 Å². The molecule has 2 heterocycles. The molecule has 9 nitrogen and oxygen atoms in total. The van der Waals surface area contributed by atoms with Crippen LogP contribution in [0.25, 0.3) is 0 Å². The molecule has 3 rings (SSSR count). The van der Waals surface area contributed by atoms with Gasteiger partial charge >= 0.3 is 6.09 Å². The normalized spacial score (nSPS) is 22.4. The number of alkyl halides is 2. The number of halogens is 2. The van der Waals surface area contributed by atoms with E-state index in [4.69, 9.17) is 27.9 Å². The molecule has 2 amide bonds. The molecule has 1 fully saturated rings. The number of nitrogens with zero attached hydrogens (tertiary/aromatic N) is 3. The molecule has 0 saturated carbocycles. The molecule has 0 aliphatic carbocycles. The number of ether oxygens (including phenoxy) is 1. The van der Waals surface area contributed by atoms with Gasteiger partial charge in [0.1, 0.15) is 12.3 Å². The number of hydrogen-bond acceptors (Lipinski definition) is 6. The third-order valence-corrected chi connectivity index (χ3v) is 5.60. The highest BCUT2D eigenvalue weighted by Gasteiger charge is 2.38. The van der Waals surface area contributed by atoms with Gasteiger partial charge in [-0.3, -0.25) is 9.89 Å². The summed E-state index contributed by atoms with van der Waals surface area (Å²) in [7, 11) is 0.